The molecule has 0 unspecified atom stereocenters. The molecule has 11 heteroatoms. The minimum atomic E-state index is -4.63. The lowest BCUT2D eigenvalue weighted by Crippen LogP contribution is -2.43. The Balaban J connectivity index is 1.44. The third-order valence-electron chi connectivity index (χ3n) is 6.53. The standard InChI is InChI=1S/C27H24F3N5O3/c1-17-31-21-16-34(26(37)38-23-15-22(27(28,29)30)33(2)32-23)14-13-20(21)25(36)35(17)24(18-9-5-3-6-10-18)19-11-7-4-8-12-19/h3-12,15,24H,13-14,16H2,1-2H3. The van der Waals surface area contributed by atoms with Gasteiger partial charge in [-0.2, -0.15) is 13.2 Å². The number of aromatic nitrogens is 4. The fourth-order valence-corrected chi connectivity index (χ4v) is 4.75. The van der Waals surface area contributed by atoms with Crippen LogP contribution < -0.4 is 10.3 Å². The Hall–Kier alpha value is -4.41. The lowest BCUT2D eigenvalue weighted by atomic mass is 9.97. The van der Waals surface area contributed by atoms with Crippen LogP contribution in [0.15, 0.2) is 71.5 Å². The van der Waals surface area contributed by atoms with Gasteiger partial charge in [-0.25, -0.2) is 9.78 Å². The lowest BCUT2D eigenvalue weighted by molar-refractivity contribution is -0.143. The average molecular weight is 524 g/mol. The molecule has 0 atom stereocenters. The molecule has 38 heavy (non-hydrogen) atoms. The zero-order valence-electron chi connectivity index (χ0n) is 20.6. The summed E-state index contributed by atoms with van der Waals surface area (Å²) in [5, 5.41) is 3.63. The van der Waals surface area contributed by atoms with Gasteiger partial charge in [0.05, 0.1) is 18.3 Å². The minimum Gasteiger partial charge on any atom is -0.389 e. The van der Waals surface area contributed by atoms with Gasteiger partial charge in [0.2, 0.25) is 5.88 Å². The molecule has 0 N–H and O–H groups in total. The number of alkyl halides is 3. The van der Waals surface area contributed by atoms with E-state index in [1.807, 2.05) is 60.7 Å². The second-order valence-corrected chi connectivity index (χ2v) is 9.01. The highest BCUT2D eigenvalue weighted by atomic mass is 19.4. The van der Waals surface area contributed by atoms with Crippen LogP contribution in [0.4, 0.5) is 18.0 Å². The van der Waals surface area contributed by atoms with Gasteiger partial charge in [-0.3, -0.25) is 14.0 Å². The van der Waals surface area contributed by atoms with Crippen LogP contribution in [0.2, 0.25) is 0 Å². The van der Waals surface area contributed by atoms with Gasteiger partial charge in [0.1, 0.15) is 11.5 Å². The summed E-state index contributed by atoms with van der Waals surface area (Å²) in [6.45, 7) is 1.88. The van der Waals surface area contributed by atoms with Crippen LogP contribution >= 0.6 is 0 Å². The van der Waals surface area contributed by atoms with Crippen LogP contribution in [0.1, 0.15) is 39.9 Å². The lowest BCUT2D eigenvalue weighted by Gasteiger charge is -2.29. The number of fused-ring (bicyclic) bond motifs is 1. The van der Waals surface area contributed by atoms with Crippen LogP contribution in [-0.4, -0.2) is 36.9 Å². The number of hydrogen-bond donors (Lipinski definition) is 0. The number of carbonyl (C=O) groups is 1. The molecular formula is C27H24F3N5O3. The summed E-state index contributed by atoms with van der Waals surface area (Å²) in [5.41, 5.74) is 1.56. The second-order valence-electron chi connectivity index (χ2n) is 9.01. The highest BCUT2D eigenvalue weighted by Gasteiger charge is 2.36. The summed E-state index contributed by atoms with van der Waals surface area (Å²) in [4.78, 5) is 32.5. The summed E-state index contributed by atoms with van der Waals surface area (Å²) in [7, 11) is 1.12. The fourth-order valence-electron chi connectivity index (χ4n) is 4.75. The van der Waals surface area contributed by atoms with E-state index in [1.54, 1.807) is 11.5 Å². The highest BCUT2D eigenvalue weighted by Crippen LogP contribution is 2.31. The number of ether oxygens (including phenoxy) is 1. The molecule has 8 nitrogen and oxygen atoms in total. The highest BCUT2D eigenvalue weighted by molar-refractivity contribution is 5.70. The molecule has 5 rings (SSSR count). The first-order valence-corrected chi connectivity index (χ1v) is 11.9. The summed E-state index contributed by atoms with van der Waals surface area (Å²) < 4.78 is 46.5. The van der Waals surface area contributed by atoms with Crippen molar-refractivity contribution >= 4 is 6.09 Å². The molecule has 4 aromatic rings. The summed E-state index contributed by atoms with van der Waals surface area (Å²) in [5.74, 6) is 0.0185. The zero-order valence-corrected chi connectivity index (χ0v) is 20.6. The Kier molecular flexibility index (Phi) is 6.52. The van der Waals surface area contributed by atoms with Crippen LogP contribution in [0.25, 0.3) is 0 Å². The van der Waals surface area contributed by atoms with Crippen LogP contribution in [0.5, 0.6) is 5.88 Å². The number of benzene rings is 2. The first kappa shape index (κ1) is 25.2. The monoisotopic (exact) mass is 523 g/mol. The van der Waals surface area contributed by atoms with E-state index in [0.717, 1.165) is 18.2 Å². The van der Waals surface area contributed by atoms with Gasteiger partial charge >= 0.3 is 12.3 Å². The number of halogens is 3. The zero-order chi connectivity index (χ0) is 27.0. The number of hydrogen-bond acceptors (Lipinski definition) is 5. The van der Waals surface area contributed by atoms with E-state index in [4.69, 9.17) is 4.74 Å². The minimum absolute atomic E-state index is 0.00854. The average Bonchev–Trinajstić information content (AvgIpc) is 3.27. The molecule has 0 fully saturated rings. The van der Waals surface area contributed by atoms with Crippen molar-refractivity contribution in [3.05, 3.63) is 111 Å². The van der Waals surface area contributed by atoms with E-state index in [9.17, 15) is 22.8 Å². The second kappa shape index (κ2) is 9.81. The van der Waals surface area contributed by atoms with Gasteiger partial charge in [-0.1, -0.05) is 60.7 Å². The number of aryl methyl sites for hydroxylation is 2. The SMILES string of the molecule is Cc1nc2c(c(=O)n1C(c1ccccc1)c1ccccc1)CCN(C(=O)Oc1cc(C(F)(F)F)n(C)n1)C2. The Morgan fingerprint density at radius 1 is 1.03 bits per heavy atom. The normalized spacial score (nSPS) is 13.5. The summed E-state index contributed by atoms with van der Waals surface area (Å²) >= 11 is 0. The van der Waals surface area contributed by atoms with Crippen LogP contribution in [0, 0.1) is 6.92 Å². The molecule has 3 heterocycles. The van der Waals surface area contributed by atoms with Crippen LogP contribution in [0.3, 0.4) is 0 Å². The number of carbonyl (C=O) groups excluding carboxylic acids is 1. The number of rotatable bonds is 4. The van der Waals surface area contributed by atoms with Gasteiger partial charge in [0.15, 0.2) is 0 Å². The third kappa shape index (κ3) is 4.79. The van der Waals surface area contributed by atoms with Gasteiger partial charge in [0.25, 0.3) is 5.56 Å². The molecule has 0 spiro atoms. The van der Waals surface area contributed by atoms with E-state index in [0.29, 0.717) is 27.8 Å². The fraction of sp³-hybridized carbons (Fsp3) is 0.259. The largest absolute Gasteiger partial charge is 0.433 e. The maximum absolute atomic E-state index is 13.8. The van der Waals surface area contributed by atoms with Crippen molar-refractivity contribution in [3.63, 3.8) is 0 Å². The summed E-state index contributed by atoms with van der Waals surface area (Å²) in [6.07, 6.45) is -5.27. The van der Waals surface area contributed by atoms with E-state index in [2.05, 4.69) is 10.1 Å². The molecule has 2 aromatic carbocycles. The number of nitrogens with zero attached hydrogens (tertiary/aromatic N) is 5. The van der Waals surface area contributed by atoms with Gasteiger partial charge in [-0.05, 0) is 24.5 Å². The van der Waals surface area contributed by atoms with Crippen molar-refractivity contribution in [2.75, 3.05) is 6.54 Å². The molecule has 0 saturated heterocycles. The summed E-state index contributed by atoms with van der Waals surface area (Å²) in [6, 6.07) is 19.6. The topological polar surface area (TPSA) is 82.3 Å². The molecule has 0 bridgehead atoms. The smallest absolute Gasteiger partial charge is 0.389 e. The molecule has 2 aromatic heterocycles. The molecule has 1 amide bonds. The van der Waals surface area contributed by atoms with Gasteiger partial charge in [0, 0.05) is 25.2 Å². The Bertz CT molecular complexity index is 1490. The molecule has 0 aliphatic carbocycles. The molecule has 1 aliphatic rings. The molecule has 1 aliphatic heterocycles. The third-order valence-corrected chi connectivity index (χ3v) is 6.53. The molecule has 0 radical (unpaired) electrons. The quantitative estimate of drug-likeness (QED) is 0.394. The van der Waals surface area contributed by atoms with Crippen molar-refractivity contribution in [3.8, 4) is 5.88 Å². The van der Waals surface area contributed by atoms with Crippen molar-refractivity contribution in [1.29, 1.82) is 0 Å². The maximum Gasteiger partial charge on any atom is 0.433 e. The number of amides is 1. The van der Waals surface area contributed by atoms with E-state index in [1.165, 1.54) is 4.90 Å². The Morgan fingerprint density at radius 3 is 2.18 bits per heavy atom. The first-order valence-electron chi connectivity index (χ1n) is 11.9. The van der Waals surface area contributed by atoms with Crippen LogP contribution in [-0.2, 0) is 26.2 Å². The van der Waals surface area contributed by atoms with Gasteiger partial charge < -0.3 is 9.64 Å². The van der Waals surface area contributed by atoms with Crippen molar-refractivity contribution in [1.82, 2.24) is 24.2 Å². The van der Waals surface area contributed by atoms with E-state index < -0.39 is 29.9 Å². The van der Waals surface area contributed by atoms with E-state index in [-0.39, 0.29) is 25.1 Å². The van der Waals surface area contributed by atoms with E-state index >= 15 is 0 Å². The van der Waals surface area contributed by atoms with Crippen molar-refractivity contribution < 1.29 is 22.7 Å². The van der Waals surface area contributed by atoms with Crippen molar-refractivity contribution in [2.45, 2.75) is 32.1 Å². The van der Waals surface area contributed by atoms with Gasteiger partial charge in [-0.15, -0.1) is 5.10 Å². The maximum atomic E-state index is 13.8. The molecular weight excluding hydrogens is 499 g/mol. The predicted octanol–water partition coefficient (Wildman–Crippen LogP) is 4.50. The first-order chi connectivity index (χ1) is 18.1. The molecule has 0 saturated carbocycles. The Morgan fingerprint density at radius 2 is 1.63 bits per heavy atom. The predicted molar refractivity (Wildman–Crippen MR) is 132 cm³/mol. The molecule has 196 valence electrons. The Labute approximate surface area is 215 Å². The van der Waals surface area contributed by atoms with Crippen molar-refractivity contribution in [2.24, 2.45) is 7.05 Å².